The Morgan fingerprint density at radius 2 is 1.63 bits per heavy atom. The van der Waals surface area contributed by atoms with Crippen molar-refractivity contribution >= 4 is 5.69 Å². The van der Waals surface area contributed by atoms with Crippen molar-refractivity contribution in [2.45, 2.75) is 46.5 Å². The minimum atomic E-state index is 1.09. The van der Waals surface area contributed by atoms with E-state index in [-0.39, 0.29) is 0 Å². The van der Waals surface area contributed by atoms with E-state index < -0.39 is 0 Å². The van der Waals surface area contributed by atoms with E-state index in [9.17, 15) is 0 Å². The lowest BCUT2D eigenvalue weighted by Gasteiger charge is -2.17. The summed E-state index contributed by atoms with van der Waals surface area (Å²) in [5.41, 5.74) is 2.69. The quantitative estimate of drug-likeness (QED) is 0.637. The zero-order valence-corrected chi connectivity index (χ0v) is 12.9. The number of unbranched alkanes of at least 4 members (excludes halogenated alkanes) is 2. The molecule has 0 radical (unpaired) electrons. The van der Waals surface area contributed by atoms with Crippen LogP contribution >= 0.6 is 0 Å². The van der Waals surface area contributed by atoms with Crippen molar-refractivity contribution in [2.24, 2.45) is 0 Å². The Hall–Kier alpha value is -1.02. The molecular formula is C17H30N2. The van der Waals surface area contributed by atoms with E-state index in [1.807, 2.05) is 0 Å². The molecule has 1 aromatic carbocycles. The van der Waals surface area contributed by atoms with Gasteiger partial charge in [-0.1, -0.05) is 45.7 Å². The van der Waals surface area contributed by atoms with Gasteiger partial charge in [-0.05, 0) is 43.6 Å². The molecule has 0 unspecified atom stereocenters. The van der Waals surface area contributed by atoms with E-state index in [4.69, 9.17) is 0 Å². The van der Waals surface area contributed by atoms with Crippen molar-refractivity contribution in [3.05, 3.63) is 29.8 Å². The number of hydrogen-bond donors (Lipinski definition) is 1. The van der Waals surface area contributed by atoms with Crippen molar-refractivity contribution in [1.29, 1.82) is 0 Å². The molecule has 0 aliphatic heterocycles. The van der Waals surface area contributed by atoms with Gasteiger partial charge in [0, 0.05) is 18.8 Å². The zero-order valence-electron chi connectivity index (χ0n) is 12.9. The van der Waals surface area contributed by atoms with Crippen LogP contribution in [0.1, 0.15) is 45.6 Å². The zero-order chi connectivity index (χ0) is 13.9. The summed E-state index contributed by atoms with van der Waals surface area (Å²) in [6, 6.07) is 8.93. The van der Waals surface area contributed by atoms with Crippen LogP contribution in [0, 0.1) is 0 Å². The Labute approximate surface area is 119 Å². The Morgan fingerprint density at radius 1 is 0.947 bits per heavy atom. The van der Waals surface area contributed by atoms with Crippen molar-refractivity contribution in [2.75, 3.05) is 31.5 Å². The van der Waals surface area contributed by atoms with E-state index >= 15 is 0 Å². The third kappa shape index (κ3) is 6.63. The number of rotatable bonds is 10. The highest BCUT2D eigenvalue weighted by molar-refractivity contribution is 5.44. The van der Waals surface area contributed by atoms with Crippen molar-refractivity contribution in [1.82, 2.24) is 4.90 Å². The molecule has 1 rings (SSSR count). The predicted molar refractivity (Wildman–Crippen MR) is 85.9 cm³/mol. The van der Waals surface area contributed by atoms with E-state index in [0.717, 1.165) is 32.6 Å². The molecule has 0 atom stereocenters. The molecule has 1 N–H and O–H groups in total. The first-order valence-corrected chi connectivity index (χ1v) is 7.85. The van der Waals surface area contributed by atoms with Crippen LogP contribution in [0.25, 0.3) is 0 Å². The molecule has 0 heterocycles. The van der Waals surface area contributed by atoms with Crippen LogP contribution in [0.4, 0.5) is 5.69 Å². The molecule has 19 heavy (non-hydrogen) atoms. The lowest BCUT2D eigenvalue weighted by atomic mass is 10.1. The monoisotopic (exact) mass is 262 g/mol. The topological polar surface area (TPSA) is 15.3 Å². The summed E-state index contributed by atoms with van der Waals surface area (Å²) in [5.74, 6) is 0. The molecule has 2 heteroatoms. The van der Waals surface area contributed by atoms with Crippen LogP contribution < -0.4 is 5.32 Å². The fourth-order valence-corrected chi connectivity index (χ4v) is 2.22. The Bertz CT molecular complexity index is 315. The first-order chi connectivity index (χ1) is 9.30. The molecule has 0 amide bonds. The Balaban J connectivity index is 2.30. The largest absolute Gasteiger partial charge is 0.385 e. The highest BCUT2D eigenvalue weighted by atomic mass is 15.1. The van der Waals surface area contributed by atoms with Gasteiger partial charge in [-0.25, -0.2) is 0 Å². The van der Waals surface area contributed by atoms with E-state index in [2.05, 4.69) is 55.3 Å². The maximum atomic E-state index is 3.48. The molecule has 2 nitrogen and oxygen atoms in total. The van der Waals surface area contributed by atoms with E-state index in [1.165, 1.54) is 30.5 Å². The van der Waals surface area contributed by atoms with Crippen LogP contribution in [0.15, 0.2) is 24.3 Å². The van der Waals surface area contributed by atoms with Crippen molar-refractivity contribution in [3.63, 3.8) is 0 Å². The van der Waals surface area contributed by atoms with Crippen LogP contribution in [-0.4, -0.2) is 31.1 Å². The number of hydrogen-bond acceptors (Lipinski definition) is 2. The van der Waals surface area contributed by atoms with Gasteiger partial charge in [0.1, 0.15) is 0 Å². The maximum Gasteiger partial charge on any atom is 0.0340 e. The average Bonchev–Trinajstić information content (AvgIpc) is 2.46. The predicted octanol–water partition coefficient (Wildman–Crippen LogP) is 4.17. The van der Waals surface area contributed by atoms with Crippen LogP contribution in [0.5, 0.6) is 0 Å². The lowest BCUT2D eigenvalue weighted by Crippen LogP contribution is -2.25. The van der Waals surface area contributed by atoms with Crippen LogP contribution in [-0.2, 0) is 6.42 Å². The Morgan fingerprint density at radius 3 is 2.21 bits per heavy atom. The van der Waals surface area contributed by atoms with Crippen LogP contribution in [0.3, 0.4) is 0 Å². The van der Waals surface area contributed by atoms with E-state index in [1.54, 1.807) is 0 Å². The molecule has 0 saturated heterocycles. The van der Waals surface area contributed by atoms with Crippen LogP contribution in [0.2, 0.25) is 0 Å². The second-order valence-electron chi connectivity index (χ2n) is 5.11. The number of nitrogens with zero attached hydrogens (tertiary/aromatic N) is 1. The smallest absolute Gasteiger partial charge is 0.0340 e. The van der Waals surface area contributed by atoms with Gasteiger partial charge in [-0.3, -0.25) is 0 Å². The summed E-state index contributed by atoms with van der Waals surface area (Å²) in [5, 5.41) is 3.48. The molecule has 0 fully saturated rings. The summed E-state index contributed by atoms with van der Waals surface area (Å²) in [6.45, 7) is 11.2. The first kappa shape index (κ1) is 16.0. The van der Waals surface area contributed by atoms with Crippen molar-refractivity contribution in [3.8, 4) is 0 Å². The Kier molecular flexibility index (Phi) is 8.31. The third-order valence-electron chi connectivity index (χ3n) is 3.67. The van der Waals surface area contributed by atoms with Gasteiger partial charge in [0.25, 0.3) is 0 Å². The summed E-state index contributed by atoms with van der Waals surface area (Å²) >= 11 is 0. The highest BCUT2D eigenvalue weighted by Crippen LogP contribution is 2.11. The molecule has 0 aliphatic carbocycles. The molecule has 0 aliphatic rings. The second-order valence-corrected chi connectivity index (χ2v) is 5.11. The number of likely N-dealkylation sites (N-methyl/N-ethyl adjacent to an activating group) is 1. The summed E-state index contributed by atoms with van der Waals surface area (Å²) < 4.78 is 0. The number of anilines is 1. The normalized spacial score (nSPS) is 10.9. The SMILES string of the molecule is CCCCCNc1ccc(CCN(CC)CC)cc1. The highest BCUT2D eigenvalue weighted by Gasteiger charge is 2.00. The first-order valence-electron chi connectivity index (χ1n) is 7.85. The van der Waals surface area contributed by atoms with Gasteiger partial charge in [0.15, 0.2) is 0 Å². The third-order valence-corrected chi connectivity index (χ3v) is 3.67. The molecule has 0 spiro atoms. The molecule has 108 valence electrons. The van der Waals surface area contributed by atoms with Gasteiger partial charge in [-0.2, -0.15) is 0 Å². The molecule has 0 aromatic heterocycles. The number of benzene rings is 1. The van der Waals surface area contributed by atoms with E-state index in [0.29, 0.717) is 0 Å². The summed E-state index contributed by atoms with van der Waals surface area (Å²) in [4.78, 5) is 2.47. The van der Waals surface area contributed by atoms with Gasteiger partial charge in [0.05, 0.1) is 0 Å². The minimum absolute atomic E-state index is 1.09. The molecule has 0 saturated carbocycles. The maximum absolute atomic E-state index is 3.48. The van der Waals surface area contributed by atoms with Gasteiger partial charge < -0.3 is 10.2 Å². The van der Waals surface area contributed by atoms with Gasteiger partial charge >= 0.3 is 0 Å². The number of nitrogens with one attached hydrogen (secondary N) is 1. The van der Waals surface area contributed by atoms with Crippen molar-refractivity contribution < 1.29 is 0 Å². The summed E-state index contributed by atoms with van der Waals surface area (Å²) in [7, 11) is 0. The second kappa shape index (κ2) is 9.85. The average molecular weight is 262 g/mol. The molecule has 1 aromatic rings. The minimum Gasteiger partial charge on any atom is -0.385 e. The van der Waals surface area contributed by atoms with Gasteiger partial charge in [0.2, 0.25) is 0 Å². The fourth-order valence-electron chi connectivity index (χ4n) is 2.22. The molecular weight excluding hydrogens is 232 g/mol. The molecule has 0 bridgehead atoms. The summed E-state index contributed by atoms with van der Waals surface area (Å²) in [6.07, 6.45) is 5.01. The fraction of sp³-hybridized carbons (Fsp3) is 0.647. The lowest BCUT2D eigenvalue weighted by molar-refractivity contribution is 0.308. The standard InChI is InChI=1S/C17H30N2/c1-4-7-8-14-18-17-11-9-16(10-12-17)13-15-19(5-2)6-3/h9-12,18H,4-8,13-15H2,1-3H3. The van der Waals surface area contributed by atoms with Gasteiger partial charge in [-0.15, -0.1) is 0 Å².